The number of alkyl carbamates (subject to hydrolysis) is 1. The van der Waals surface area contributed by atoms with Gasteiger partial charge in [0.2, 0.25) is 0 Å². The molecule has 8 heteroatoms. The number of carbonyl (C=O) groups excluding carboxylic acids is 2. The van der Waals surface area contributed by atoms with Crippen LogP contribution in [0.25, 0.3) is 11.0 Å². The zero-order chi connectivity index (χ0) is 21.2. The molecule has 1 N–H and O–H groups in total. The Balaban J connectivity index is 2.25. The lowest BCUT2D eigenvalue weighted by Crippen LogP contribution is -2.44. The average Bonchev–Trinajstić information content (AvgIpc) is 2.58. The van der Waals surface area contributed by atoms with Gasteiger partial charge in [0.25, 0.3) is 0 Å². The first-order valence-corrected chi connectivity index (χ1v) is 9.25. The van der Waals surface area contributed by atoms with Gasteiger partial charge in [0.15, 0.2) is 5.75 Å². The van der Waals surface area contributed by atoms with Gasteiger partial charge in [-0.25, -0.2) is 14.4 Å². The fraction of sp³-hybridized carbons (Fsp3) is 0.450. The van der Waals surface area contributed by atoms with Crippen molar-refractivity contribution in [2.75, 3.05) is 0 Å². The second kappa shape index (κ2) is 8.22. The third-order valence-electron chi connectivity index (χ3n) is 4.10. The van der Waals surface area contributed by atoms with Gasteiger partial charge >= 0.3 is 17.7 Å². The number of halogens is 1. The predicted octanol–water partition coefficient (Wildman–Crippen LogP) is 4.27. The Bertz CT molecular complexity index is 973. The van der Waals surface area contributed by atoms with Crippen LogP contribution in [0.1, 0.15) is 45.2 Å². The minimum absolute atomic E-state index is 0.0370. The second-order valence-corrected chi connectivity index (χ2v) is 7.85. The Labute approximate surface area is 167 Å². The monoisotopic (exact) mass is 409 g/mol. The number of esters is 1. The van der Waals surface area contributed by atoms with Crippen molar-refractivity contribution in [1.29, 1.82) is 0 Å². The average molecular weight is 410 g/mol. The number of hydrogen-bond donors (Lipinski definition) is 1. The summed E-state index contributed by atoms with van der Waals surface area (Å²) in [5, 5.41) is 3.31. The maximum Gasteiger partial charge on any atom is 0.408 e. The second-order valence-electron chi connectivity index (χ2n) is 7.45. The summed E-state index contributed by atoms with van der Waals surface area (Å²) in [5.74, 6) is -0.671. The van der Waals surface area contributed by atoms with Gasteiger partial charge in [0.1, 0.15) is 17.2 Å². The molecule has 0 unspecified atom stereocenters. The highest BCUT2D eigenvalue weighted by Gasteiger charge is 2.25. The van der Waals surface area contributed by atoms with Gasteiger partial charge < -0.3 is 19.2 Å². The van der Waals surface area contributed by atoms with Gasteiger partial charge in [-0.2, -0.15) is 0 Å². The normalized spacial score (nSPS) is 12.5. The minimum Gasteiger partial charge on any atom is -0.444 e. The van der Waals surface area contributed by atoms with Crippen LogP contribution in [0, 0.1) is 13.8 Å². The van der Waals surface area contributed by atoms with Crippen molar-refractivity contribution in [1.82, 2.24) is 5.32 Å². The highest BCUT2D eigenvalue weighted by atomic mass is 35.5. The first kappa shape index (κ1) is 21.8. The first-order valence-electron chi connectivity index (χ1n) is 8.87. The summed E-state index contributed by atoms with van der Waals surface area (Å²) in [6.45, 7) is 10.3. The predicted molar refractivity (Wildman–Crippen MR) is 106 cm³/mol. The van der Waals surface area contributed by atoms with Gasteiger partial charge in [-0.3, -0.25) is 0 Å². The summed E-state index contributed by atoms with van der Waals surface area (Å²) >= 11 is 6.24. The van der Waals surface area contributed by atoms with Crippen LogP contribution in [0.3, 0.4) is 0 Å². The molecule has 2 rings (SSSR count). The number of rotatable bonds is 4. The van der Waals surface area contributed by atoms with Crippen molar-refractivity contribution in [3.8, 4) is 5.75 Å². The molecule has 0 spiro atoms. The number of aryl methyl sites for hydroxylation is 1. The third kappa shape index (κ3) is 5.04. The Morgan fingerprint density at radius 1 is 1.21 bits per heavy atom. The molecule has 0 bridgehead atoms. The van der Waals surface area contributed by atoms with Gasteiger partial charge in [0, 0.05) is 17.0 Å². The lowest BCUT2D eigenvalue weighted by atomic mass is 10.1. The smallest absolute Gasteiger partial charge is 0.408 e. The van der Waals surface area contributed by atoms with E-state index in [-0.39, 0.29) is 22.8 Å². The van der Waals surface area contributed by atoms with Crippen LogP contribution in [-0.2, 0) is 9.53 Å². The van der Waals surface area contributed by atoms with E-state index >= 15 is 0 Å². The molecule has 0 fully saturated rings. The zero-order valence-corrected chi connectivity index (χ0v) is 17.5. The van der Waals surface area contributed by atoms with E-state index in [0.717, 1.165) is 5.56 Å². The molecule has 1 heterocycles. The van der Waals surface area contributed by atoms with Crippen LogP contribution in [-0.4, -0.2) is 23.7 Å². The molecule has 0 aliphatic carbocycles. The Kier molecular flexibility index (Phi) is 6.39. The molecule has 0 aliphatic rings. The van der Waals surface area contributed by atoms with Crippen molar-refractivity contribution in [2.24, 2.45) is 0 Å². The van der Waals surface area contributed by atoms with Gasteiger partial charge in [-0.1, -0.05) is 18.5 Å². The van der Waals surface area contributed by atoms with Crippen LogP contribution < -0.4 is 15.7 Å². The van der Waals surface area contributed by atoms with Gasteiger partial charge in [-0.15, -0.1) is 0 Å². The molecule has 152 valence electrons. The molecule has 0 saturated carbocycles. The molecule has 1 aromatic carbocycles. The summed E-state index contributed by atoms with van der Waals surface area (Å²) in [4.78, 5) is 36.3. The first-order chi connectivity index (χ1) is 12.9. The summed E-state index contributed by atoms with van der Waals surface area (Å²) < 4.78 is 15.8. The van der Waals surface area contributed by atoms with Crippen molar-refractivity contribution in [3.05, 3.63) is 38.7 Å². The molecule has 1 aromatic heterocycles. The molecule has 0 radical (unpaired) electrons. The van der Waals surface area contributed by atoms with E-state index in [4.69, 9.17) is 25.5 Å². The summed E-state index contributed by atoms with van der Waals surface area (Å²) in [5.41, 5.74) is 0.322. The molecule has 7 nitrogen and oxygen atoms in total. The maximum absolute atomic E-state index is 12.5. The number of ether oxygens (including phenoxy) is 2. The van der Waals surface area contributed by atoms with Crippen LogP contribution in [0.5, 0.6) is 5.75 Å². The zero-order valence-electron chi connectivity index (χ0n) is 16.8. The van der Waals surface area contributed by atoms with E-state index in [0.29, 0.717) is 10.9 Å². The lowest BCUT2D eigenvalue weighted by molar-refractivity contribution is -0.136. The lowest BCUT2D eigenvalue weighted by Gasteiger charge is -2.22. The van der Waals surface area contributed by atoms with Crippen LogP contribution in [0.15, 0.2) is 21.3 Å². The Morgan fingerprint density at radius 2 is 1.86 bits per heavy atom. The van der Waals surface area contributed by atoms with E-state index < -0.39 is 29.3 Å². The van der Waals surface area contributed by atoms with Crippen LogP contribution in [0.4, 0.5) is 4.79 Å². The van der Waals surface area contributed by atoms with Crippen molar-refractivity contribution in [3.63, 3.8) is 0 Å². The summed E-state index contributed by atoms with van der Waals surface area (Å²) in [7, 11) is 0. The highest BCUT2D eigenvalue weighted by Crippen LogP contribution is 2.32. The molecule has 1 amide bonds. The molecule has 0 aliphatic heterocycles. The van der Waals surface area contributed by atoms with Crippen LogP contribution >= 0.6 is 11.6 Å². The topological polar surface area (TPSA) is 94.8 Å². The molecular weight excluding hydrogens is 386 g/mol. The number of nitrogens with one attached hydrogen (secondary N) is 1. The third-order valence-corrected chi connectivity index (χ3v) is 4.40. The SMILES string of the molecule is CC[C@H](NC(=O)OC(C)(C)C)C(=O)Oc1cc2oc(=O)c(C)c(C)c2cc1Cl. The standard InChI is InChI=1S/C20H24ClNO6/c1-7-14(22-19(25)28-20(4,5)6)18(24)27-16-9-15-12(8-13(16)21)10(2)11(3)17(23)26-15/h8-9,14H,7H2,1-6H3,(H,22,25)/t14-/m0/s1. The summed E-state index contributed by atoms with van der Waals surface area (Å²) in [6.07, 6.45) is -0.436. The van der Waals surface area contributed by atoms with Gasteiger partial charge in [0.05, 0.1) is 5.02 Å². The quantitative estimate of drug-likeness (QED) is 0.460. The number of hydrogen-bond acceptors (Lipinski definition) is 6. The number of benzene rings is 1. The fourth-order valence-electron chi connectivity index (χ4n) is 2.48. The van der Waals surface area contributed by atoms with Crippen molar-refractivity contribution < 1.29 is 23.5 Å². The van der Waals surface area contributed by atoms with E-state index in [1.54, 1.807) is 47.6 Å². The summed E-state index contributed by atoms with van der Waals surface area (Å²) in [6, 6.07) is 2.05. The molecule has 1 atom stereocenters. The number of amides is 1. The van der Waals surface area contributed by atoms with Crippen LogP contribution in [0.2, 0.25) is 5.02 Å². The maximum atomic E-state index is 12.5. The largest absolute Gasteiger partial charge is 0.444 e. The van der Waals surface area contributed by atoms with Crippen molar-refractivity contribution in [2.45, 2.75) is 59.6 Å². The number of carbonyl (C=O) groups is 2. The van der Waals surface area contributed by atoms with E-state index in [1.807, 2.05) is 0 Å². The highest BCUT2D eigenvalue weighted by molar-refractivity contribution is 6.33. The van der Waals surface area contributed by atoms with Crippen molar-refractivity contribution >= 4 is 34.6 Å². The molecule has 2 aromatic rings. The number of fused-ring (bicyclic) bond motifs is 1. The molecular formula is C20H24ClNO6. The van der Waals surface area contributed by atoms with E-state index in [9.17, 15) is 14.4 Å². The molecule has 0 saturated heterocycles. The van der Waals surface area contributed by atoms with E-state index in [2.05, 4.69) is 5.32 Å². The Morgan fingerprint density at radius 3 is 2.43 bits per heavy atom. The fourth-order valence-corrected chi connectivity index (χ4v) is 2.68. The van der Waals surface area contributed by atoms with Gasteiger partial charge in [-0.05, 0) is 52.7 Å². The minimum atomic E-state index is -0.923. The molecule has 28 heavy (non-hydrogen) atoms. The Hall–Kier alpha value is -2.54. The van der Waals surface area contributed by atoms with E-state index in [1.165, 1.54) is 6.07 Å².